The molecule has 1 N–H and O–H groups in total. The van der Waals surface area contributed by atoms with E-state index in [0.717, 1.165) is 6.07 Å². The fraction of sp³-hybridized carbons (Fsp3) is 0.176. The zero-order valence-electron chi connectivity index (χ0n) is 12.1. The number of benzene rings is 2. The third kappa shape index (κ3) is 3.19. The molecule has 6 heteroatoms. The van der Waals surface area contributed by atoms with Gasteiger partial charge in [0.05, 0.1) is 10.7 Å². The predicted molar refractivity (Wildman–Crippen MR) is 86.1 cm³/mol. The lowest BCUT2D eigenvalue weighted by Gasteiger charge is -2.18. The molecule has 2 aromatic rings. The lowest BCUT2D eigenvalue weighted by atomic mass is 10.2. The average molecular weight is 333 g/mol. The van der Waals surface area contributed by atoms with Gasteiger partial charge in [-0.1, -0.05) is 29.8 Å². The molecule has 2 amide bonds. The number of anilines is 1. The third-order valence-electron chi connectivity index (χ3n) is 3.74. The smallest absolute Gasteiger partial charge is 0.252 e. The molecule has 2 aromatic carbocycles. The Hall–Kier alpha value is -2.40. The van der Waals surface area contributed by atoms with E-state index in [4.69, 9.17) is 11.6 Å². The summed E-state index contributed by atoms with van der Waals surface area (Å²) in [4.78, 5) is 26.2. The fourth-order valence-corrected chi connectivity index (χ4v) is 2.83. The van der Waals surface area contributed by atoms with E-state index in [1.807, 2.05) is 0 Å². The third-order valence-corrected chi connectivity index (χ3v) is 4.06. The SMILES string of the molecule is O=C(NC1CCN(c2ccccc2Cl)C1=O)c1cccc(F)c1. The van der Waals surface area contributed by atoms with E-state index in [1.54, 1.807) is 29.2 Å². The number of amides is 2. The van der Waals surface area contributed by atoms with Crippen molar-refractivity contribution in [2.45, 2.75) is 12.5 Å². The van der Waals surface area contributed by atoms with Crippen molar-refractivity contribution in [1.29, 1.82) is 0 Å². The first-order valence-electron chi connectivity index (χ1n) is 7.18. The number of hydrogen-bond donors (Lipinski definition) is 1. The van der Waals surface area contributed by atoms with Crippen molar-refractivity contribution in [2.75, 3.05) is 11.4 Å². The van der Waals surface area contributed by atoms with E-state index in [2.05, 4.69) is 5.32 Å². The summed E-state index contributed by atoms with van der Waals surface area (Å²) in [6, 6.07) is 11.8. The van der Waals surface area contributed by atoms with E-state index in [0.29, 0.717) is 23.7 Å². The van der Waals surface area contributed by atoms with Crippen molar-refractivity contribution in [3.05, 3.63) is 64.9 Å². The first-order chi connectivity index (χ1) is 11.1. The molecule has 1 aliphatic rings. The molecule has 0 aliphatic carbocycles. The zero-order chi connectivity index (χ0) is 16.4. The van der Waals surface area contributed by atoms with Crippen LogP contribution in [-0.2, 0) is 4.79 Å². The molecule has 0 spiro atoms. The second-order valence-electron chi connectivity index (χ2n) is 5.27. The van der Waals surface area contributed by atoms with E-state index in [-0.39, 0.29) is 11.5 Å². The highest BCUT2D eigenvalue weighted by molar-refractivity contribution is 6.34. The Morgan fingerprint density at radius 3 is 2.74 bits per heavy atom. The molecule has 3 rings (SSSR count). The monoisotopic (exact) mass is 332 g/mol. The summed E-state index contributed by atoms with van der Waals surface area (Å²) in [5, 5.41) is 3.14. The minimum absolute atomic E-state index is 0.189. The Kier molecular flexibility index (Phi) is 4.30. The number of carbonyl (C=O) groups excluding carboxylic acids is 2. The van der Waals surface area contributed by atoms with Gasteiger partial charge < -0.3 is 10.2 Å². The van der Waals surface area contributed by atoms with E-state index >= 15 is 0 Å². The first-order valence-corrected chi connectivity index (χ1v) is 7.56. The molecule has 0 radical (unpaired) electrons. The molecule has 1 fully saturated rings. The van der Waals surface area contributed by atoms with Crippen LogP contribution in [0.15, 0.2) is 48.5 Å². The number of rotatable bonds is 3. The van der Waals surface area contributed by atoms with Crippen LogP contribution in [-0.4, -0.2) is 24.4 Å². The Morgan fingerprint density at radius 2 is 2.00 bits per heavy atom. The summed E-state index contributed by atoms with van der Waals surface area (Å²) >= 11 is 6.11. The number of carbonyl (C=O) groups is 2. The van der Waals surface area contributed by atoms with Gasteiger partial charge in [-0.05, 0) is 36.8 Å². The van der Waals surface area contributed by atoms with Crippen LogP contribution in [0.3, 0.4) is 0 Å². The molecule has 1 atom stereocenters. The van der Waals surface area contributed by atoms with Crippen molar-refractivity contribution in [3.63, 3.8) is 0 Å². The lowest BCUT2D eigenvalue weighted by molar-refractivity contribution is -0.118. The maximum absolute atomic E-state index is 13.2. The molecule has 1 unspecified atom stereocenters. The second-order valence-corrected chi connectivity index (χ2v) is 5.67. The summed E-state index contributed by atoms with van der Waals surface area (Å²) < 4.78 is 13.2. The molecule has 1 heterocycles. The minimum Gasteiger partial charge on any atom is -0.340 e. The van der Waals surface area contributed by atoms with Crippen LogP contribution in [0.4, 0.5) is 10.1 Å². The van der Waals surface area contributed by atoms with Crippen LogP contribution in [0.5, 0.6) is 0 Å². The van der Waals surface area contributed by atoms with Gasteiger partial charge in [-0.25, -0.2) is 4.39 Å². The minimum atomic E-state index is -0.637. The fourth-order valence-electron chi connectivity index (χ4n) is 2.59. The molecular formula is C17H14ClFN2O2. The zero-order valence-corrected chi connectivity index (χ0v) is 12.9. The van der Waals surface area contributed by atoms with Crippen LogP contribution < -0.4 is 10.2 Å². The molecule has 0 aromatic heterocycles. The topological polar surface area (TPSA) is 49.4 Å². The molecule has 1 saturated heterocycles. The predicted octanol–water partition coefficient (Wildman–Crippen LogP) is 3.01. The summed E-state index contributed by atoms with van der Waals surface area (Å²) in [7, 11) is 0. The van der Waals surface area contributed by atoms with E-state index < -0.39 is 17.8 Å². The van der Waals surface area contributed by atoms with Crippen LogP contribution in [0.25, 0.3) is 0 Å². The number of nitrogens with one attached hydrogen (secondary N) is 1. The lowest BCUT2D eigenvalue weighted by Crippen LogP contribution is -2.41. The largest absolute Gasteiger partial charge is 0.340 e. The normalized spacial score (nSPS) is 17.4. The molecule has 0 bridgehead atoms. The van der Waals surface area contributed by atoms with E-state index in [1.165, 1.54) is 18.2 Å². The molecular weight excluding hydrogens is 319 g/mol. The molecule has 23 heavy (non-hydrogen) atoms. The maximum Gasteiger partial charge on any atom is 0.252 e. The van der Waals surface area contributed by atoms with Crippen molar-refractivity contribution >= 4 is 29.1 Å². The second kappa shape index (κ2) is 6.38. The standard InChI is InChI=1S/C17H14ClFN2O2/c18-13-6-1-2-7-15(13)21-9-8-14(17(21)23)20-16(22)11-4-3-5-12(19)10-11/h1-7,10,14H,8-9H2,(H,20,22). The first kappa shape index (κ1) is 15.5. The average Bonchev–Trinajstić information content (AvgIpc) is 2.89. The summed E-state index contributed by atoms with van der Waals surface area (Å²) in [5.41, 5.74) is 0.815. The number of nitrogens with zero attached hydrogens (tertiary/aromatic N) is 1. The van der Waals surface area contributed by atoms with Crippen molar-refractivity contribution < 1.29 is 14.0 Å². The molecule has 4 nitrogen and oxygen atoms in total. The van der Waals surface area contributed by atoms with Gasteiger partial charge in [0.2, 0.25) is 5.91 Å². The van der Waals surface area contributed by atoms with Gasteiger partial charge in [0.25, 0.3) is 5.91 Å². The highest BCUT2D eigenvalue weighted by Crippen LogP contribution is 2.29. The van der Waals surface area contributed by atoms with Gasteiger partial charge in [0, 0.05) is 12.1 Å². The number of hydrogen-bond acceptors (Lipinski definition) is 2. The molecule has 118 valence electrons. The Labute approximate surface area is 137 Å². The van der Waals surface area contributed by atoms with Crippen molar-refractivity contribution in [2.24, 2.45) is 0 Å². The van der Waals surface area contributed by atoms with Gasteiger partial charge in [0.15, 0.2) is 0 Å². The van der Waals surface area contributed by atoms with Crippen LogP contribution in [0.1, 0.15) is 16.8 Å². The molecule has 0 saturated carbocycles. The van der Waals surface area contributed by atoms with Gasteiger partial charge in [-0.3, -0.25) is 9.59 Å². The summed E-state index contributed by atoms with van der Waals surface area (Å²) in [6.45, 7) is 0.469. The molecule has 1 aliphatic heterocycles. The van der Waals surface area contributed by atoms with Gasteiger partial charge in [-0.2, -0.15) is 0 Å². The van der Waals surface area contributed by atoms with Crippen LogP contribution in [0, 0.1) is 5.82 Å². The van der Waals surface area contributed by atoms with Gasteiger partial charge in [0.1, 0.15) is 11.9 Å². The Balaban J connectivity index is 1.72. The van der Waals surface area contributed by atoms with Gasteiger partial charge >= 0.3 is 0 Å². The van der Waals surface area contributed by atoms with Gasteiger partial charge in [-0.15, -0.1) is 0 Å². The Morgan fingerprint density at radius 1 is 1.22 bits per heavy atom. The van der Waals surface area contributed by atoms with Crippen molar-refractivity contribution in [1.82, 2.24) is 5.32 Å². The highest BCUT2D eigenvalue weighted by atomic mass is 35.5. The van der Waals surface area contributed by atoms with E-state index in [9.17, 15) is 14.0 Å². The summed E-state index contributed by atoms with van der Waals surface area (Å²) in [6.07, 6.45) is 0.477. The number of para-hydroxylation sites is 1. The highest BCUT2D eigenvalue weighted by Gasteiger charge is 2.34. The van der Waals surface area contributed by atoms with Crippen molar-refractivity contribution in [3.8, 4) is 0 Å². The quantitative estimate of drug-likeness (QED) is 0.939. The Bertz CT molecular complexity index is 766. The van der Waals surface area contributed by atoms with Crippen LogP contribution in [0.2, 0.25) is 5.02 Å². The van der Waals surface area contributed by atoms with Crippen LogP contribution >= 0.6 is 11.6 Å². The maximum atomic E-state index is 13.2. The number of halogens is 2. The summed E-state index contributed by atoms with van der Waals surface area (Å²) in [5.74, 6) is -1.18.